The molecule has 0 aliphatic carbocycles. The minimum absolute atomic E-state index is 0.0468. The first-order chi connectivity index (χ1) is 15.0. The molecular weight excluding hydrogens is 398 g/mol. The largest absolute Gasteiger partial charge is 0.397 e. The number of aromatic nitrogens is 4. The lowest BCUT2D eigenvalue weighted by atomic mass is 10.2. The van der Waals surface area contributed by atoms with Gasteiger partial charge in [0, 0.05) is 5.69 Å². The minimum atomic E-state index is -0.541. The SMILES string of the molecule is N=c1[nH]c(N)nc2ncc(CNc3ccc(C(=O)ONc4ccccc4N)cc3)nc12. The van der Waals surface area contributed by atoms with Gasteiger partial charge in [-0.05, 0) is 36.4 Å². The summed E-state index contributed by atoms with van der Waals surface area (Å²) in [6.07, 6.45) is 1.56. The van der Waals surface area contributed by atoms with Crippen LogP contribution in [0.15, 0.2) is 54.7 Å². The summed E-state index contributed by atoms with van der Waals surface area (Å²) in [4.78, 5) is 32.5. The summed E-state index contributed by atoms with van der Waals surface area (Å²) >= 11 is 0. The monoisotopic (exact) mass is 417 g/mol. The smallest absolute Gasteiger partial charge is 0.362 e. The van der Waals surface area contributed by atoms with Crippen molar-refractivity contribution in [2.24, 2.45) is 0 Å². The van der Waals surface area contributed by atoms with E-state index < -0.39 is 5.97 Å². The molecule has 11 nitrogen and oxygen atoms in total. The number of nitrogens with one attached hydrogen (secondary N) is 4. The van der Waals surface area contributed by atoms with Gasteiger partial charge in [-0.2, -0.15) is 4.98 Å². The van der Waals surface area contributed by atoms with Gasteiger partial charge in [-0.1, -0.05) is 12.1 Å². The zero-order valence-corrected chi connectivity index (χ0v) is 16.2. The normalized spacial score (nSPS) is 10.6. The molecule has 0 spiro atoms. The lowest BCUT2D eigenvalue weighted by Crippen LogP contribution is -2.15. The molecule has 0 saturated heterocycles. The molecule has 0 atom stereocenters. The van der Waals surface area contributed by atoms with E-state index in [1.165, 1.54) is 0 Å². The van der Waals surface area contributed by atoms with Gasteiger partial charge in [0.25, 0.3) is 0 Å². The van der Waals surface area contributed by atoms with Crippen LogP contribution >= 0.6 is 0 Å². The number of carbonyl (C=O) groups excluding carboxylic acids is 1. The lowest BCUT2D eigenvalue weighted by Gasteiger charge is -2.10. The summed E-state index contributed by atoms with van der Waals surface area (Å²) in [5.41, 5.74) is 17.4. The van der Waals surface area contributed by atoms with Crippen molar-refractivity contribution < 1.29 is 9.63 Å². The van der Waals surface area contributed by atoms with E-state index in [0.717, 1.165) is 5.69 Å². The molecular formula is C20H19N9O2. The van der Waals surface area contributed by atoms with Crippen LogP contribution in [0, 0.1) is 5.41 Å². The number of aromatic amines is 1. The average Bonchev–Trinajstić information content (AvgIpc) is 2.77. The molecule has 4 rings (SSSR count). The number of H-pyrrole nitrogens is 1. The second-order valence-electron chi connectivity index (χ2n) is 6.54. The molecule has 156 valence electrons. The Bertz CT molecular complexity index is 1300. The summed E-state index contributed by atoms with van der Waals surface area (Å²) in [5.74, 6) is -0.431. The lowest BCUT2D eigenvalue weighted by molar-refractivity contribution is 0.0597. The molecule has 2 aromatic carbocycles. The number of hydrogen-bond acceptors (Lipinski definition) is 10. The molecule has 0 aliphatic rings. The van der Waals surface area contributed by atoms with Gasteiger partial charge in [0.2, 0.25) is 5.95 Å². The van der Waals surface area contributed by atoms with Crippen LogP contribution in [0.1, 0.15) is 16.1 Å². The maximum absolute atomic E-state index is 12.2. The zero-order valence-electron chi connectivity index (χ0n) is 16.2. The highest BCUT2D eigenvalue weighted by molar-refractivity contribution is 5.90. The predicted octanol–water partition coefficient (Wildman–Crippen LogP) is 1.79. The highest BCUT2D eigenvalue weighted by Crippen LogP contribution is 2.17. The number of benzene rings is 2. The fourth-order valence-corrected chi connectivity index (χ4v) is 2.75. The van der Waals surface area contributed by atoms with Crippen LogP contribution in [0.2, 0.25) is 0 Å². The van der Waals surface area contributed by atoms with Crippen LogP contribution in [0.5, 0.6) is 0 Å². The van der Waals surface area contributed by atoms with Crippen molar-refractivity contribution in [1.29, 1.82) is 5.41 Å². The summed E-state index contributed by atoms with van der Waals surface area (Å²) in [5, 5.41) is 11.1. The first-order valence-corrected chi connectivity index (χ1v) is 9.21. The number of hydrogen-bond donors (Lipinski definition) is 6. The quantitative estimate of drug-likeness (QED) is 0.201. The number of para-hydroxylation sites is 2. The Kier molecular flexibility index (Phi) is 5.30. The van der Waals surface area contributed by atoms with Gasteiger partial charge in [-0.25, -0.2) is 20.2 Å². The molecule has 0 fully saturated rings. The van der Waals surface area contributed by atoms with Crippen molar-refractivity contribution in [2.45, 2.75) is 6.54 Å². The molecule has 2 aromatic heterocycles. The van der Waals surface area contributed by atoms with Crippen LogP contribution in [0.4, 0.5) is 23.0 Å². The fraction of sp³-hybridized carbons (Fsp3) is 0.0500. The topological polar surface area (TPSA) is 181 Å². The van der Waals surface area contributed by atoms with E-state index in [4.69, 9.17) is 21.7 Å². The number of nitrogens with zero attached hydrogens (tertiary/aromatic N) is 3. The van der Waals surface area contributed by atoms with Crippen LogP contribution in [-0.4, -0.2) is 25.9 Å². The standard InChI is InChI=1S/C20H19N9O2/c21-14-3-1-2-4-15(14)29-31-19(30)11-5-7-12(8-6-11)24-9-13-10-25-18-16(26-13)17(22)27-20(23)28-18/h1-8,10,24,29H,9,21H2,(H4,22,23,25,27,28). The third kappa shape index (κ3) is 4.50. The van der Waals surface area contributed by atoms with Crippen LogP contribution in [-0.2, 0) is 11.4 Å². The summed E-state index contributed by atoms with van der Waals surface area (Å²) in [6.45, 7) is 0.366. The maximum atomic E-state index is 12.2. The Hall–Kier alpha value is -4.67. The molecule has 8 N–H and O–H groups in total. The van der Waals surface area contributed by atoms with Crippen molar-refractivity contribution in [1.82, 2.24) is 19.9 Å². The molecule has 0 bridgehead atoms. The Morgan fingerprint density at radius 1 is 1.10 bits per heavy atom. The Labute approximate surface area is 176 Å². The van der Waals surface area contributed by atoms with E-state index in [0.29, 0.717) is 40.3 Å². The number of rotatable bonds is 6. The van der Waals surface area contributed by atoms with Gasteiger partial charge in [-0.3, -0.25) is 5.41 Å². The number of nitrogens with two attached hydrogens (primary N) is 2. The van der Waals surface area contributed by atoms with Gasteiger partial charge in [0.15, 0.2) is 16.7 Å². The molecule has 0 amide bonds. The molecule has 4 aromatic rings. The molecule has 2 heterocycles. The Balaban J connectivity index is 1.37. The van der Waals surface area contributed by atoms with Gasteiger partial charge >= 0.3 is 5.97 Å². The molecule has 0 saturated carbocycles. The van der Waals surface area contributed by atoms with E-state index in [1.807, 2.05) is 0 Å². The number of carbonyl (C=O) groups is 1. The van der Waals surface area contributed by atoms with Crippen molar-refractivity contribution in [3.8, 4) is 0 Å². The van der Waals surface area contributed by atoms with Gasteiger partial charge in [0.05, 0.1) is 35.4 Å². The van der Waals surface area contributed by atoms with E-state index in [9.17, 15) is 4.79 Å². The van der Waals surface area contributed by atoms with Crippen molar-refractivity contribution in [3.05, 3.63) is 71.5 Å². The highest BCUT2D eigenvalue weighted by Gasteiger charge is 2.09. The Morgan fingerprint density at radius 2 is 1.87 bits per heavy atom. The molecule has 0 radical (unpaired) electrons. The van der Waals surface area contributed by atoms with Crippen LogP contribution in [0.25, 0.3) is 11.2 Å². The summed E-state index contributed by atoms with van der Waals surface area (Å²) in [7, 11) is 0. The first-order valence-electron chi connectivity index (χ1n) is 9.21. The van der Waals surface area contributed by atoms with Crippen molar-refractivity contribution in [2.75, 3.05) is 22.3 Å². The van der Waals surface area contributed by atoms with Gasteiger partial charge in [-0.15, -0.1) is 0 Å². The number of fused-ring (bicyclic) bond motifs is 1. The Morgan fingerprint density at radius 3 is 2.65 bits per heavy atom. The maximum Gasteiger partial charge on any atom is 0.362 e. The van der Waals surface area contributed by atoms with Gasteiger partial charge < -0.3 is 26.6 Å². The molecule has 0 aliphatic heterocycles. The summed E-state index contributed by atoms with van der Waals surface area (Å²) in [6, 6.07) is 13.7. The summed E-state index contributed by atoms with van der Waals surface area (Å²) < 4.78 is 0. The van der Waals surface area contributed by atoms with Crippen molar-refractivity contribution in [3.63, 3.8) is 0 Å². The minimum Gasteiger partial charge on any atom is -0.397 e. The van der Waals surface area contributed by atoms with Gasteiger partial charge in [0.1, 0.15) is 0 Å². The first kappa shape index (κ1) is 19.6. The van der Waals surface area contributed by atoms with Crippen LogP contribution < -0.4 is 27.8 Å². The van der Waals surface area contributed by atoms with E-state index in [1.54, 1.807) is 54.7 Å². The molecule has 31 heavy (non-hydrogen) atoms. The van der Waals surface area contributed by atoms with Crippen LogP contribution in [0.3, 0.4) is 0 Å². The predicted molar refractivity (Wildman–Crippen MR) is 116 cm³/mol. The molecule has 11 heteroatoms. The van der Waals surface area contributed by atoms with E-state index >= 15 is 0 Å². The van der Waals surface area contributed by atoms with E-state index in [-0.39, 0.29) is 11.4 Å². The number of nitrogen functional groups attached to an aromatic ring is 2. The third-order valence-corrected chi connectivity index (χ3v) is 4.33. The highest BCUT2D eigenvalue weighted by atomic mass is 16.7. The zero-order chi connectivity index (χ0) is 21.8. The third-order valence-electron chi connectivity index (χ3n) is 4.33. The number of anilines is 4. The second kappa shape index (κ2) is 8.37. The molecule has 0 unspecified atom stereocenters. The fourth-order valence-electron chi connectivity index (χ4n) is 2.75. The average molecular weight is 417 g/mol. The van der Waals surface area contributed by atoms with E-state index in [2.05, 4.69) is 30.7 Å². The second-order valence-corrected chi connectivity index (χ2v) is 6.54. The van der Waals surface area contributed by atoms with Crippen molar-refractivity contribution >= 4 is 40.1 Å².